The largest absolute Gasteiger partial charge is 0.372 e. The molecule has 0 radical (unpaired) electrons. The van der Waals surface area contributed by atoms with Gasteiger partial charge >= 0.3 is 0 Å². The summed E-state index contributed by atoms with van der Waals surface area (Å²) >= 11 is 5.93. The van der Waals surface area contributed by atoms with Crippen molar-refractivity contribution in [3.8, 4) is 0 Å². The maximum Gasteiger partial charge on any atom is 0.263 e. The van der Waals surface area contributed by atoms with Crippen LogP contribution in [0.25, 0.3) is 0 Å². The topological polar surface area (TPSA) is 84.0 Å². The third-order valence-electron chi connectivity index (χ3n) is 2.53. The molecule has 0 fully saturated rings. The van der Waals surface area contributed by atoms with Crippen LogP contribution < -0.4 is 10.0 Å². The molecule has 0 aliphatic rings. The van der Waals surface area contributed by atoms with Gasteiger partial charge in [-0.15, -0.1) is 0 Å². The van der Waals surface area contributed by atoms with E-state index in [1.165, 1.54) is 18.5 Å². The first kappa shape index (κ1) is 14.5. The molecule has 2 aromatic rings. The maximum atomic E-state index is 12.2. The predicted molar refractivity (Wildman–Crippen MR) is 78.6 cm³/mol. The number of nitrogens with one attached hydrogen (secondary N) is 2. The van der Waals surface area contributed by atoms with Gasteiger partial charge in [-0.3, -0.25) is 9.71 Å². The van der Waals surface area contributed by atoms with Gasteiger partial charge in [0.1, 0.15) is 10.7 Å². The van der Waals surface area contributed by atoms with Gasteiger partial charge in [-0.2, -0.15) is 0 Å². The molecule has 0 unspecified atom stereocenters. The number of pyridine rings is 2. The number of aryl methyl sites for hydroxylation is 1. The van der Waals surface area contributed by atoms with Gasteiger partial charge in [-0.05, 0) is 25.1 Å². The first-order valence-electron chi connectivity index (χ1n) is 5.71. The second-order valence-corrected chi connectivity index (χ2v) is 6.13. The lowest BCUT2D eigenvalue weighted by atomic mass is 10.4. The molecule has 0 saturated heterocycles. The fraction of sp³-hybridized carbons (Fsp3) is 0.167. The van der Waals surface area contributed by atoms with Gasteiger partial charge in [0, 0.05) is 18.9 Å². The van der Waals surface area contributed by atoms with E-state index in [4.69, 9.17) is 11.6 Å². The Bertz CT molecular complexity index is 717. The van der Waals surface area contributed by atoms with Crippen LogP contribution in [-0.2, 0) is 10.0 Å². The Hall–Kier alpha value is -1.86. The van der Waals surface area contributed by atoms with Crippen LogP contribution in [0.5, 0.6) is 0 Å². The minimum absolute atomic E-state index is 0.0120. The highest BCUT2D eigenvalue weighted by Crippen LogP contribution is 2.23. The number of hydrogen-bond acceptors (Lipinski definition) is 5. The van der Waals surface area contributed by atoms with Gasteiger partial charge in [0.25, 0.3) is 10.0 Å². The Morgan fingerprint density at radius 3 is 2.50 bits per heavy atom. The summed E-state index contributed by atoms with van der Waals surface area (Å²) in [4.78, 5) is 7.95. The van der Waals surface area contributed by atoms with Crippen molar-refractivity contribution in [2.75, 3.05) is 17.1 Å². The molecule has 2 rings (SSSR count). The Labute approximate surface area is 122 Å². The van der Waals surface area contributed by atoms with E-state index in [2.05, 4.69) is 20.0 Å². The lowest BCUT2D eigenvalue weighted by Gasteiger charge is -2.09. The van der Waals surface area contributed by atoms with E-state index in [1.807, 2.05) is 6.92 Å². The van der Waals surface area contributed by atoms with Gasteiger partial charge in [0.15, 0.2) is 0 Å². The Morgan fingerprint density at radius 2 is 1.95 bits per heavy atom. The molecular weight excluding hydrogens is 300 g/mol. The zero-order valence-corrected chi connectivity index (χ0v) is 12.5. The normalized spacial score (nSPS) is 11.2. The lowest BCUT2D eigenvalue weighted by Crippen LogP contribution is -2.13. The van der Waals surface area contributed by atoms with Crippen molar-refractivity contribution in [2.24, 2.45) is 0 Å². The number of hydrogen-bond donors (Lipinski definition) is 2. The Morgan fingerprint density at radius 1 is 1.20 bits per heavy atom. The van der Waals surface area contributed by atoms with E-state index < -0.39 is 10.0 Å². The first-order chi connectivity index (χ1) is 9.42. The number of aromatic nitrogens is 2. The summed E-state index contributed by atoms with van der Waals surface area (Å²) in [5.41, 5.74) is 1.18. The maximum absolute atomic E-state index is 12.2. The number of nitrogens with zero attached hydrogens (tertiary/aromatic N) is 2. The zero-order valence-electron chi connectivity index (χ0n) is 10.9. The number of halogens is 1. The van der Waals surface area contributed by atoms with E-state index in [1.54, 1.807) is 19.2 Å². The van der Waals surface area contributed by atoms with Gasteiger partial charge in [-0.25, -0.2) is 13.4 Å². The van der Waals surface area contributed by atoms with Gasteiger partial charge in [-0.1, -0.05) is 11.6 Å². The summed E-state index contributed by atoms with van der Waals surface area (Å²) in [7, 11) is -2.09. The molecule has 0 spiro atoms. The van der Waals surface area contributed by atoms with Crippen LogP contribution in [0.2, 0.25) is 5.02 Å². The summed E-state index contributed by atoms with van der Waals surface area (Å²) in [6.45, 7) is 1.82. The highest BCUT2D eigenvalue weighted by atomic mass is 35.5. The van der Waals surface area contributed by atoms with E-state index in [0.717, 1.165) is 5.69 Å². The molecule has 6 nitrogen and oxygen atoms in total. The van der Waals surface area contributed by atoms with Crippen LogP contribution in [0.15, 0.2) is 35.5 Å². The van der Waals surface area contributed by atoms with Crippen LogP contribution >= 0.6 is 11.6 Å². The molecule has 106 valence electrons. The predicted octanol–water partition coefficient (Wildman–Crippen LogP) is 2.28. The zero-order chi connectivity index (χ0) is 14.8. The van der Waals surface area contributed by atoms with Crippen molar-refractivity contribution in [2.45, 2.75) is 11.8 Å². The average molecular weight is 313 g/mol. The monoisotopic (exact) mass is 312 g/mol. The third-order valence-corrected chi connectivity index (χ3v) is 4.16. The minimum atomic E-state index is -3.74. The van der Waals surface area contributed by atoms with Gasteiger partial charge < -0.3 is 5.32 Å². The second-order valence-electron chi connectivity index (χ2n) is 4.05. The summed E-state index contributed by atoms with van der Waals surface area (Å²) in [6, 6.07) is 4.69. The van der Waals surface area contributed by atoms with Crippen molar-refractivity contribution in [1.82, 2.24) is 9.97 Å². The van der Waals surface area contributed by atoms with Gasteiger partial charge in [0.05, 0.1) is 16.9 Å². The summed E-state index contributed by atoms with van der Waals surface area (Å²) in [5, 5.41) is 3.00. The summed E-state index contributed by atoms with van der Waals surface area (Å²) in [5.74, 6) is 0.419. The average Bonchev–Trinajstić information content (AvgIpc) is 2.41. The third kappa shape index (κ3) is 3.17. The minimum Gasteiger partial charge on any atom is -0.372 e. The molecule has 0 saturated carbocycles. The molecule has 8 heteroatoms. The smallest absolute Gasteiger partial charge is 0.263 e. The molecule has 2 N–H and O–H groups in total. The molecule has 0 amide bonds. The lowest BCUT2D eigenvalue weighted by molar-refractivity contribution is 0.601. The quantitative estimate of drug-likeness (QED) is 0.905. The van der Waals surface area contributed by atoms with Gasteiger partial charge in [0.2, 0.25) is 0 Å². The standard InChI is InChI=1S/C12H13ClN4O2S/c1-8-3-4-9(6-15-8)17-20(18,19)10-5-11(13)12(14-2)16-7-10/h3-7,17H,1-2H3,(H,14,16). The van der Waals surface area contributed by atoms with Crippen LogP contribution in [0.1, 0.15) is 5.69 Å². The van der Waals surface area contributed by atoms with Crippen molar-refractivity contribution in [3.63, 3.8) is 0 Å². The molecule has 2 heterocycles. The van der Waals surface area contributed by atoms with Crippen molar-refractivity contribution in [3.05, 3.63) is 41.3 Å². The molecule has 0 aromatic carbocycles. The Balaban J connectivity index is 2.30. The molecule has 0 bridgehead atoms. The molecule has 0 atom stereocenters. The number of anilines is 2. The highest BCUT2D eigenvalue weighted by Gasteiger charge is 2.16. The number of sulfonamides is 1. The highest BCUT2D eigenvalue weighted by molar-refractivity contribution is 7.92. The van der Waals surface area contributed by atoms with E-state index >= 15 is 0 Å². The van der Waals surface area contributed by atoms with Crippen molar-refractivity contribution >= 4 is 33.1 Å². The summed E-state index contributed by atoms with van der Waals surface area (Å²) in [6.07, 6.45) is 2.69. The fourth-order valence-corrected chi connectivity index (χ4v) is 2.83. The van der Waals surface area contributed by atoms with Crippen molar-refractivity contribution < 1.29 is 8.42 Å². The molecule has 0 aliphatic heterocycles. The van der Waals surface area contributed by atoms with Crippen LogP contribution in [0, 0.1) is 6.92 Å². The SMILES string of the molecule is CNc1ncc(S(=O)(=O)Nc2ccc(C)nc2)cc1Cl. The van der Waals surface area contributed by atoms with E-state index in [0.29, 0.717) is 11.5 Å². The molecule has 2 aromatic heterocycles. The second kappa shape index (κ2) is 5.64. The van der Waals surface area contributed by atoms with Crippen molar-refractivity contribution in [1.29, 1.82) is 0 Å². The Kier molecular flexibility index (Phi) is 4.10. The first-order valence-corrected chi connectivity index (χ1v) is 7.57. The number of rotatable bonds is 4. The molecule has 0 aliphatic carbocycles. The fourth-order valence-electron chi connectivity index (χ4n) is 1.49. The van der Waals surface area contributed by atoms with Crippen LogP contribution in [0.4, 0.5) is 11.5 Å². The van der Waals surface area contributed by atoms with E-state index in [9.17, 15) is 8.42 Å². The molecule has 20 heavy (non-hydrogen) atoms. The van der Waals surface area contributed by atoms with Crippen LogP contribution in [0.3, 0.4) is 0 Å². The van der Waals surface area contributed by atoms with E-state index in [-0.39, 0.29) is 9.92 Å². The summed E-state index contributed by atoms with van der Waals surface area (Å²) < 4.78 is 26.8. The van der Waals surface area contributed by atoms with Crippen LogP contribution in [-0.4, -0.2) is 25.4 Å². The molecular formula is C12H13ClN4O2S.